The molecule has 0 unspecified atom stereocenters. The van der Waals surface area contributed by atoms with E-state index in [1.807, 2.05) is 0 Å². The second kappa shape index (κ2) is 5.81. The Bertz CT molecular complexity index is 227. The first kappa shape index (κ1) is 12.1. The molecule has 0 spiro atoms. The van der Waals surface area contributed by atoms with E-state index >= 15 is 0 Å². The molecule has 2 fully saturated rings. The van der Waals surface area contributed by atoms with Crippen LogP contribution in [0.2, 0.25) is 0 Å². The van der Waals surface area contributed by atoms with E-state index in [4.69, 9.17) is 0 Å². The molecule has 0 aromatic rings. The standard InChI is InChI=1S/C14H25NO/c1-2-11-3-5-12(6-4-11)14(16)9-10-15-13-7-8-13/h11-13,15H,2-10H2,1H3. The van der Waals surface area contributed by atoms with E-state index in [1.165, 1.54) is 32.1 Å². The van der Waals surface area contributed by atoms with Crippen LogP contribution in [0.3, 0.4) is 0 Å². The molecule has 16 heavy (non-hydrogen) atoms. The summed E-state index contributed by atoms with van der Waals surface area (Å²) in [6.45, 7) is 3.18. The second-order valence-electron chi connectivity index (χ2n) is 5.57. The Balaban J connectivity index is 1.61. The number of rotatable bonds is 6. The topological polar surface area (TPSA) is 29.1 Å². The van der Waals surface area contributed by atoms with E-state index in [2.05, 4.69) is 12.2 Å². The predicted octanol–water partition coefficient (Wildman–Crippen LogP) is 2.91. The molecular weight excluding hydrogens is 198 g/mol. The first-order chi connectivity index (χ1) is 7.79. The van der Waals surface area contributed by atoms with Crippen molar-refractivity contribution in [1.29, 1.82) is 0 Å². The van der Waals surface area contributed by atoms with Crippen molar-refractivity contribution in [3.05, 3.63) is 0 Å². The van der Waals surface area contributed by atoms with Gasteiger partial charge >= 0.3 is 0 Å². The molecule has 0 aromatic heterocycles. The molecule has 2 nitrogen and oxygen atoms in total. The van der Waals surface area contributed by atoms with Crippen molar-refractivity contribution >= 4 is 5.78 Å². The predicted molar refractivity (Wildman–Crippen MR) is 66.4 cm³/mol. The lowest BCUT2D eigenvalue weighted by Gasteiger charge is -2.26. The van der Waals surface area contributed by atoms with Crippen LogP contribution in [0, 0.1) is 11.8 Å². The lowest BCUT2D eigenvalue weighted by Crippen LogP contribution is -2.26. The third-order valence-electron chi connectivity index (χ3n) is 4.26. The summed E-state index contributed by atoms with van der Waals surface area (Å²) < 4.78 is 0. The van der Waals surface area contributed by atoms with Crippen molar-refractivity contribution in [3.8, 4) is 0 Å². The Morgan fingerprint density at radius 1 is 1.12 bits per heavy atom. The highest BCUT2D eigenvalue weighted by Crippen LogP contribution is 2.31. The normalized spacial score (nSPS) is 30.3. The minimum atomic E-state index is 0.392. The van der Waals surface area contributed by atoms with Crippen LogP contribution in [-0.4, -0.2) is 18.4 Å². The highest BCUT2D eigenvalue weighted by Gasteiger charge is 2.25. The van der Waals surface area contributed by atoms with Crippen LogP contribution >= 0.6 is 0 Å². The zero-order chi connectivity index (χ0) is 11.4. The quantitative estimate of drug-likeness (QED) is 0.750. The maximum absolute atomic E-state index is 12.0. The maximum atomic E-state index is 12.0. The summed E-state index contributed by atoms with van der Waals surface area (Å²) in [5.74, 6) is 1.81. The smallest absolute Gasteiger partial charge is 0.137 e. The van der Waals surface area contributed by atoms with Crippen molar-refractivity contribution in [3.63, 3.8) is 0 Å². The zero-order valence-electron chi connectivity index (χ0n) is 10.5. The SMILES string of the molecule is CCC1CCC(C(=O)CCNC2CC2)CC1. The summed E-state index contributed by atoms with van der Waals surface area (Å²) >= 11 is 0. The van der Waals surface area contributed by atoms with Crippen LogP contribution in [0.4, 0.5) is 0 Å². The molecule has 0 bridgehead atoms. The first-order valence-electron chi connectivity index (χ1n) is 7.05. The number of carbonyl (C=O) groups is 1. The number of carbonyl (C=O) groups excluding carboxylic acids is 1. The molecule has 2 aliphatic rings. The highest BCUT2D eigenvalue weighted by atomic mass is 16.1. The Hall–Kier alpha value is -0.370. The van der Waals surface area contributed by atoms with Crippen LogP contribution in [0.1, 0.15) is 58.3 Å². The first-order valence-corrected chi connectivity index (χ1v) is 7.05. The molecule has 0 heterocycles. The van der Waals surface area contributed by atoms with Crippen molar-refractivity contribution in [2.75, 3.05) is 6.54 Å². The summed E-state index contributed by atoms with van der Waals surface area (Å²) in [7, 11) is 0. The van der Waals surface area contributed by atoms with Gasteiger partial charge in [-0.15, -0.1) is 0 Å². The number of hydrogen-bond acceptors (Lipinski definition) is 2. The molecular formula is C14H25NO. The summed E-state index contributed by atoms with van der Waals surface area (Å²) in [6, 6.07) is 0.739. The van der Waals surface area contributed by atoms with E-state index < -0.39 is 0 Å². The molecule has 2 aliphatic carbocycles. The lowest BCUT2D eigenvalue weighted by atomic mass is 9.78. The average Bonchev–Trinajstić information content (AvgIpc) is 3.13. The van der Waals surface area contributed by atoms with Gasteiger partial charge in [-0.05, 0) is 44.4 Å². The molecule has 0 atom stereocenters. The van der Waals surface area contributed by atoms with Gasteiger partial charge in [0, 0.05) is 24.9 Å². The largest absolute Gasteiger partial charge is 0.314 e. The van der Waals surface area contributed by atoms with Gasteiger partial charge in [0.25, 0.3) is 0 Å². The van der Waals surface area contributed by atoms with Crippen LogP contribution < -0.4 is 5.32 Å². The van der Waals surface area contributed by atoms with Crippen LogP contribution in [-0.2, 0) is 4.79 Å². The van der Waals surface area contributed by atoms with Gasteiger partial charge in [0.1, 0.15) is 5.78 Å². The Morgan fingerprint density at radius 3 is 2.38 bits per heavy atom. The van der Waals surface area contributed by atoms with Crippen LogP contribution in [0.25, 0.3) is 0 Å². The molecule has 2 rings (SSSR count). The van der Waals surface area contributed by atoms with E-state index in [1.54, 1.807) is 0 Å². The average molecular weight is 223 g/mol. The summed E-state index contributed by atoms with van der Waals surface area (Å²) in [5, 5.41) is 3.43. The van der Waals surface area contributed by atoms with E-state index in [0.717, 1.165) is 37.8 Å². The zero-order valence-corrected chi connectivity index (χ0v) is 10.5. The molecule has 92 valence electrons. The third kappa shape index (κ3) is 3.58. The fraction of sp³-hybridized carbons (Fsp3) is 0.929. The summed E-state index contributed by atoms with van der Waals surface area (Å²) in [4.78, 5) is 12.0. The fourth-order valence-corrected chi connectivity index (χ4v) is 2.78. The molecule has 2 heteroatoms. The minimum Gasteiger partial charge on any atom is -0.314 e. The van der Waals surface area contributed by atoms with Gasteiger partial charge in [-0.2, -0.15) is 0 Å². The lowest BCUT2D eigenvalue weighted by molar-refractivity contribution is -0.124. The summed E-state index contributed by atoms with van der Waals surface area (Å²) in [6.07, 6.45) is 9.56. The minimum absolute atomic E-state index is 0.392. The van der Waals surface area contributed by atoms with Gasteiger partial charge in [0.05, 0.1) is 0 Å². The van der Waals surface area contributed by atoms with Crippen molar-refractivity contribution in [2.24, 2.45) is 11.8 Å². The third-order valence-corrected chi connectivity index (χ3v) is 4.26. The molecule has 0 aliphatic heterocycles. The molecule has 0 aromatic carbocycles. The Kier molecular flexibility index (Phi) is 4.39. The number of hydrogen-bond donors (Lipinski definition) is 1. The number of Topliss-reactive ketones (excluding diaryl/α,β-unsaturated/α-hetero) is 1. The monoisotopic (exact) mass is 223 g/mol. The second-order valence-corrected chi connectivity index (χ2v) is 5.57. The Labute approximate surface area is 99.2 Å². The van der Waals surface area contributed by atoms with Gasteiger partial charge < -0.3 is 5.32 Å². The van der Waals surface area contributed by atoms with Gasteiger partial charge in [-0.3, -0.25) is 4.79 Å². The summed E-state index contributed by atoms with van der Waals surface area (Å²) in [5.41, 5.74) is 0. The van der Waals surface area contributed by atoms with Crippen molar-refractivity contribution < 1.29 is 4.79 Å². The maximum Gasteiger partial charge on any atom is 0.137 e. The molecule has 2 saturated carbocycles. The number of ketones is 1. The van der Waals surface area contributed by atoms with Gasteiger partial charge in [-0.25, -0.2) is 0 Å². The molecule has 0 saturated heterocycles. The molecule has 0 amide bonds. The van der Waals surface area contributed by atoms with Gasteiger partial charge in [0.2, 0.25) is 0 Å². The molecule has 0 radical (unpaired) electrons. The van der Waals surface area contributed by atoms with E-state index in [-0.39, 0.29) is 0 Å². The van der Waals surface area contributed by atoms with Gasteiger partial charge in [-0.1, -0.05) is 13.3 Å². The van der Waals surface area contributed by atoms with E-state index in [9.17, 15) is 4.79 Å². The van der Waals surface area contributed by atoms with Crippen molar-refractivity contribution in [2.45, 2.75) is 64.3 Å². The molecule has 1 N–H and O–H groups in total. The van der Waals surface area contributed by atoms with Crippen LogP contribution in [0.15, 0.2) is 0 Å². The Morgan fingerprint density at radius 2 is 1.81 bits per heavy atom. The van der Waals surface area contributed by atoms with Crippen molar-refractivity contribution in [1.82, 2.24) is 5.32 Å². The number of nitrogens with one attached hydrogen (secondary N) is 1. The fourth-order valence-electron chi connectivity index (χ4n) is 2.78. The van der Waals surface area contributed by atoms with Gasteiger partial charge in [0.15, 0.2) is 0 Å². The highest BCUT2D eigenvalue weighted by molar-refractivity contribution is 5.81. The van der Waals surface area contributed by atoms with E-state index in [0.29, 0.717) is 11.7 Å². The van der Waals surface area contributed by atoms with Crippen LogP contribution in [0.5, 0.6) is 0 Å².